The van der Waals surface area contributed by atoms with Crippen LogP contribution in [0, 0.1) is 0 Å². The molecule has 1 heterocycles. The number of nitrogens with one attached hydrogen (secondary N) is 2. The third kappa shape index (κ3) is 6.96. The van der Waals surface area contributed by atoms with E-state index in [-0.39, 0.29) is 6.04 Å². The fraction of sp³-hybridized carbons (Fsp3) is 0.571. The van der Waals surface area contributed by atoms with Crippen molar-refractivity contribution in [1.82, 2.24) is 25.4 Å². The number of aryl methyl sites for hydroxylation is 2. The van der Waals surface area contributed by atoms with Crippen LogP contribution in [0.4, 0.5) is 0 Å². The van der Waals surface area contributed by atoms with Crippen LogP contribution >= 0.6 is 0 Å². The van der Waals surface area contributed by atoms with Crippen molar-refractivity contribution in [3.63, 3.8) is 0 Å². The van der Waals surface area contributed by atoms with Gasteiger partial charge in [0.05, 0.1) is 6.04 Å². The van der Waals surface area contributed by atoms with Crippen molar-refractivity contribution >= 4 is 5.96 Å². The molecule has 0 saturated carbocycles. The Hall–Kier alpha value is -2.41. The topological polar surface area (TPSA) is 76.4 Å². The quantitative estimate of drug-likeness (QED) is 0.353. The summed E-state index contributed by atoms with van der Waals surface area (Å²) in [7, 11) is 1.72. The first-order valence-corrected chi connectivity index (χ1v) is 10.2. The van der Waals surface area contributed by atoms with E-state index < -0.39 is 0 Å². The SMILES string of the molecule is CCc1ccc(C(C)NC(=NCCCOC)NCCn2cnnc2CC)cc1. The van der Waals surface area contributed by atoms with Crippen LogP contribution in [0.25, 0.3) is 0 Å². The van der Waals surface area contributed by atoms with E-state index in [0.29, 0.717) is 6.61 Å². The highest BCUT2D eigenvalue weighted by molar-refractivity contribution is 5.80. The van der Waals surface area contributed by atoms with E-state index in [9.17, 15) is 0 Å². The van der Waals surface area contributed by atoms with Crippen LogP contribution < -0.4 is 10.6 Å². The highest BCUT2D eigenvalue weighted by atomic mass is 16.5. The van der Waals surface area contributed by atoms with Crippen molar-refractivity contribution in [3.05, 3.63) is 47.5 Å². The average Bonchev–Trinajstić information content (AvgIpc) is 3.18. The molecule has 0 amide bonds. The molecule has 2 aromatic rings. The molecule has 1 unspecified atom stereocenters. The summed E-state index contributed by atoms with van der Waals surface area (Å²) in [6.07, 6.45) is 4.61. The average molecular weight is 387 g/mol. The molecule has 0 fully saturated rings. The largest absolute Gasteiger partial charge is 0.385 e. The van der Waals surface area contributed by atoms with Gasteiger partial charge in [-0.1, -0.05) is 38.1 Å². The molecule has 0 saturated heterocycles. The molecule has 0 spiro atoms. The Morgan fingerprint density at radius 2 is 2.00 bits per heavy atom. The second-order valence-electron chi connectivity index (χ2n) is 6.76. The molecule has 7 heteroatoms. The summed E-state index contributed by atoms with van der Waals surface area (Å²) in [6, 6.07) is 8.91. The maximum atomic E-state index is 5.12. The molecular formula is C21H34N6O. The minimum absolute atomic E-state index is 0.167. The van der Waals surface area contributed by atoms with Gasteiger partial charge in [0.2, 0.25) is 0 Å². The van der Waals surface area contributed by atoms with E-state index >= 15 is 0 Å². The number of benzene rings is 1. The van der Waals surface area contributed by atoms with E-state index in [0.717, 1.165) is 50.7 Å². The van der Waals surface area contributed by atoms with E-state index in [1.807, 2.05) is 0 Å². The van der Waals surface area contributed by atoms with Gasteiger partial charge in [-0.25, -0.2) is 0 Å². The smallest absolute Gasteiger partial charge is 0.191 e. The molecule has 1 aromatic carbocycles. The van der Waals surface area contributed by atoms with E-state index in [1.165, 1.54) is 11.1 Å². The van der Waals surface area contributed by atoms with Crippen molar-refractivity contribution in [2.75, 3.05) is 26.8 Å². The lowest BCUT2D eigenvalue weighted by atomic mass is 10.1. The molecule has 1 atom stereocenters. The molecule has 0 aliphatic carbocycles. The van der Waals surface area contributed by atoms with E-state index in [1.54, 1.807) is 13.4 Å². The van der Waals surface area contributed by atoms with E-state index in [2.05, 4.69) is 70.4 Å². The zero-order valence-electron chi connectivity index (χ0n) is 17.6. The monoisotopic (exact) mass is 386 g/mol. The first kappa shape index (κ1) is 21.9. The lowest BCUT2D eigenvalue weighted by molar-refractivity contribution is 0.197. The molecule has 154 valence electrons. The number of ether oxygens (including phenoxy) is 1. The van der Waals surface area contributed by atoms with Crippen LogP contribution in [0.5, 0.6) is 0 Å². The van der Waals surface area contributed by atoms with Gasteiger partial charge in [0.25, 0.3) is 0 Å². The normalized spacial score (nSPS) is 12.8. The highest BCUT2D eigenvalue weighted by Crippen LogP contribution is 2.13. The van der Waals surface area contributed by atoms with Crippen molar-refractivity contribution in [3.8, 4) is 0 Å². The zero-order valence-corrected chi connectivity index (χ0v) is 17.6. The number of nitrogens with zero attached hydrogens (tertiary/aromatic N) is 4. The van der Waals surface area contributed by atoms with Gasteiger partial charge in [-0.3, -0.25) is 4.99 Å². The maximum Gasteiger partial charge on any atom is 0.191 e. The Labute approximate surface area is 168 Å². The van der Waals surface area contributed by atoms with Gasteiger partial charge in [0.1, 0.15) is 12.2 Å². The number of hydrogen-bond acceptors (Lipinski definition) is 4. The molecule has 28 heavy (non-hydrogen) atoms. The third-order valence-electron chi connectivity index (χ3n) is 4.67. The Balaban J connectivity index is 1.95. The molecule has 0 aliphatic rings. The summed E-state index contributed by atoms with van der Waals surface area (Å²) in [5, 5.41) is 15.1. The fourth-order valence-corrected chi connectivity index (χ4v) is 2.92. The van der Waals surface area contributed by atoms with Crippen LogP contribution in [-0.2, 0) is 24.1 Å². The number of rotatable bonds is 11. The lowest BCUT2D eigenvalue weighted by Gasteiger charge is -2.19. The predicted octanol–water partition coefficient (Wildman–Crippen LogP) is 2.74. The summed E-state index contributed by atoms with van der Waals surface area (Å²) in [5.74, 6) is 1.81. The van der Waals surface area contributed by atoms with Crippen LogP contribution in [-0.4, -0.2) is 47.5 Å². The molecule has 2 rings (SSSR count). The summed E-state index contributed by atoms with van der Waals surface area (Å²) in [4.78, 5) is 4.70. The van der Waals surface area contributed by atoms with Gasteiger partial charge in [-0.2, -0.15) is 0 Å². The summed E-state index contributed by atoms with van der Waals surface area (Å²) in [5.41, 5.74) is 2.60. The van der Waals surface area contributed by atoms with Crippen LogP contribution in [0.1, 0.15) is 50.2 Å². The minimum atomic E-state index is 0.167. The predicted molar refractivity (Wildman–Crippen MR) is 114 cm³/mol. The number of aromatic nitrogens is 3. The van der Waals surface area contributed by atoms with Crippen molar-refractivity contribution < 1.29 is 4.74 Å². The lowest BCUT2D eigenvalue weighted by Crippen LogP contribution is -2.40. The van der Waals surface area contributed by atoms with E-state index in [4.69, 9.17) is 9.73 Å². The van der Waals surface area contributed by atoms with Crippen molar-refractivity contribution in [2.24, 2.45) is 4.99 Å². The molecular weight excluding hydrogens is 352 g/mol. The Morgan fingerprint density at radius 3 is 2.68 bits per heavy atom. The van der Waals surface area contributed by atoms with Gasteiger partial charge in [-0.15, -0.1) is 10.2 Å². The fourth-order valence-electron chi connectivity index (χ4n) is 2.92. The molecule has 7 nitrogen and oxygen atoms in total. The van der Waals surface area contributed by atoms with Gasteiger partial charge in [-0.05, 0) is 30.9 Å². The second-order valence-corrected chi connectivity index (χ2v) is 6.76. The standard InChI is InChI=1S/C21H34N6O/c1-5-18-8-10-19(11-9-18)17(3)25-21(22-12-7-15-28-4)23-13-14-27-16-24-26-20(27)6-2/h8-11,16-17H,5-7,12-15H2,1-4H3,(H2,22,23,25). The van der Waals surface area contributed by atoms with Gasteiger partial charge in [0.15, 0.2) is 5.96 Å². The first-order chi connectivity index (χ1) is 13.7. The molecule has 2 N–H and O–H groups in total. The Bertz CT molecular complexity index is 710. The molecule has 0 radical (unpaired) electrons. The minimum Gasteiger partial charge on any atom is -0.385 e. The number of aliphatic imine (C=N–C) groups is 1. The third-order valence-corrected chi connectivity index (χ3v) is 4.67. The number of hydrogen-bond donors (Lipinski definition) is 2. The van der Waals surface area contributed by atoms with Crippen molar-refractivity contribution in [1.29, 1.82) is 0 Å². The number of methoxy groups -OCH3 is 1. The summed E-state index contributed by atoms with van der Waals surface area (Å²) >= 11 is 0. The first-order valence-electron chi connectivity index (χ1n) is 10.2. The molecule has 0 aliphatic heterocycles. The summed E-state index contributed by atoms with van der Waals surface area (Å²) in [6.45, 7) is 9.40. The summed E-state index contributed by atoms with van der Waals surface area (Å²) < 4.78 is 7.20. The zero-order chi connectivity index (χ0) is 20.2. The highest BCUT2D eigenvalue weighted by Gasteiger charge is 2.09. The molecule has 0 bridgehead atoms. The van der Waals surface area contributed by atoms with Gasteiger partial charge >= 0.3 is 0 Å². The Morgan fingerprint density at radius 1 is 1.21 bits per heavy atom. The van der Waals surface area contributed by atoms with Gasteiger partial charge < -0.3 is 19.9 Å². The van der Waals surface area contributed by atoms with Crippen LogP contribution in [0.3, 0.4) is 0 Å². The van der Waals surface area contributed by atoms with Gasteiger partial charge in [0, 0.05) is 39.8 Å². The molecule has 1 aromatic heterocycles. The number of guanidine groups is 1. The van der Waals surface area contributed by atoms with Crippen molar-refractivity contribution in [2.45, 2.75) is 52.6 Å². The second kappa shape index (κ2) is 12.1. The maximum absolute atomic E-state index is 5.12. The van der Waals surface area contributed by atoms with Crippen LogP contribution in [0.15, 0.2) is 35.6 Å². The Kier molecular flexibility index (Phi) is 9.48. The van der Waals surface area contributed by atoms with Crippen LogP contribution in [0.2, 0.25) is 0 Å².